The Labute approximate surface area is 169 Å². The van der Waals surface area contributed by atoms with Gasteiger partial charge in [0, 0.05) is 32.6 Å². The maximum absolute atomic E-state index is 13.1. The van der Waals surface area contributed by atoms with E-state index >= 15 is 0 Å². The molecule has 148 valence electrons. The minimum atomic E-state index is 0. The summed E-state index contributed by atoms with van der Waals surface area (Å²) in [4.78, 5) is 17.6. The van der Waals surface area contributed by atoms with E-state index in [4.69, 9.17) is 0 Å². The van der Waals surface area contributed by atoms with Crippen molar-refractivity contribution in [3.8, 4) is 0 Å². The summed E-state index contributed by atoms with van der Waals surface area (Å²) in [5.74, 6) is 2.12. The summed E-state index contributed by atoms with van der Waals surface area (Å²) in [6, 6.07) is 11.2. The minimum Gasteiger partial charge on any atom is -0.340 e. The summed E-state index contributed by atoms with van der Waals surface area (Å²) in [6.45, 7) is 3.89. The first-order chi connectivity index (χ1) is 12.6. The quantitative estimate of drug-likeness (QED) is 0.777. The van der Waals surface area contributed by atoms with Crippen molar-refractivity contribution in [1.29, 1.82) is 0 Å². The Bertz CT molecular complexity index is 669. The lowest BCUT2D eigenvalue weighted by Gasteiger charge is -2.62. The normalized spacial score (nSPS) is 37.9. The van der Waals surface area contributed by atoms with Gasteiger partial charge in [-0.25, -0.2) is 0 Å². The molecule has 1 aromatic carbocycles. The number of nitrogens with zero attached hydrogens (tertiary/aromatic N) is 2. The molecule has 4 heteroatoms. The van der Waals surface area contributed by atoms with Gasteiger partial charge >= 0.3 is 0 Å². The van der Waals surface area contributed by atoms with Crippen molar-refractivity contribution in [3.63, 3.8) is 0 Å². The molecule has 4 bridgehead atoms. The van der Waals surface area contributed by atoms with E-state index < -0.39 is 0 Å². The second kappa shape index (κ2) is 7.08. The molecule has 0 spiro atoms. The molecule has 4 aliphatic carbocycles. The Morgan fingerprint density at radius 2 is 1.63 bits per heavy atom. The molecule has 27 heavy (non-hydrogen) atoms. The first-order valence-corrected chi connectivity index (χ1v) is 10.6. The highest BCUT2D eigenvalue weighted by atomic mass is 35.5. The Balaban J connectivity index is 0.00000180. The Morgan fingerprint density at radius 1 is 1.00 bits per heavy atom. The molecule has 4 saturated carbocycles. The van der Waals surface area contributed by atoms with Crippen LogP contribution in [-0.2, 0) is 10.2 Å². The molecule has 3 nitrogen and oxygen atoms in total. The van der Waals surface area contributed by atoms with Crippen molar-refractivity contribution in [2.45, 2.75) is 50.4 Å². The number of benzene rings is 1. The van der Waals surface area contributed by atoms with E-state index in [9.17, 15) is 4.79 Å². The van der Waals surface area contributed by atoms with Gasteiger partial charge < -0.3 is 9.80 Å². The molecule has 2 atom stereocenters. The molecule has 1 aliphatic heterocycles. The van der Waals surface area contributed by atoms with Crippen molar-refractivity contribution in [1.82, 2.24) is 9.80 Å². The molecule has 1 heterocycles. The van der Waals surface area contributed by atoms with Crippen molar-refractivity contribution in [2.75, 3.05) is 33.2 Å². The van der Waals surface area contributed by atoms with E-state index in [1.165, 1.54) is 38.5 Å². The Morgan fingerprint density at radius 3 is 2.26 bits per heavy atom. The summed E-state index contributed by atoms with van der Waals surface area (Å²) in [5, 5.41) is 0. The van der Waals surface area contributed by atoms with Gasteiger partial charge in [0.15, 0.2) is 0 Å². The van der Waals surface area contributed by atoms with Crippen LogP contribution in [0.5, 0.6) is 0 Å². The predicted octanol–water partition coefficient (Wildman–Crippen LogP) is 4.11. The van der Waals surface area contributed by atoms with Crippen molar-refractivity contribution < 1.29 is 4.79 Å². The largest absolute Gasteiger partial charge is 0.340 e. The van der Waals surface area contributed by atoms with Crippen LogP contribution in [0, 0.1) is 17.3 Å². The number of likely N-dealkylation sites (N-methyl/N-ethyl adjacent to an activating group) is 1. The first kappa shape index (κ1) is 19.3. The molecular weight excluding hydrogens is 356 g/mol. The average Bonchev–Trinajstić information content (AvgIpc) is 2.61. The number of halogens is 1. The lowest BCUT2D eigenvalue weighted by Crippen LogP contribution is -2.56. The van der Waals surface area contributed by atoms with Crippen molar-refractivity contribution >= 4 is 18.3 Å². The minimum absolute atomic E-state index is 0. The van der Waals surface area contributed by atoms with Crippen molar-refractivity contribution in [3.05, 3.63) is 35.9 Å². The Hall–Kier alpha value is -1.06. The summed E-state index contributed by atoms with van der Waals surface area (Å²) in [7, 11) is 2.16. The fourth-order valence-corrected chi connectivity index (χ4v) is 7.28. The van der Waals surface area contributed by atoms with Crippen LogP contribution in [-0.4, -0.2) is 48.9 Å². The fraction of sp³-hybridized carbons (Fsp3) is 0.696. The molecule has 1 aromatic rings. The monoisotopic (exact) mass is 388 g/mol. The van der Waals surface area contributed by atoms with Gasteiger partial charge in [-0.05, 0) is 73.8 Å². The number of amides is 1. The van der Waals surface area contributed by atoms with Crippen LogP contribution < -0.4 is 0 Å². The molecule has 1 saturated heterocycles. The summed E-state index contributed by atoms with van der Waals surface area (Å²) < 4.78 is 0. The predicted molar refractivity (Wildman–Crippen MR) is 111 cm³/mol. The number of carbonyl (C=O) groups excluding carboxylic acids is 1. The zero-order chi connectivity index (χ0) is 17.8. The summed E-state index contributed by atoms with van der Waals surface area (Å²) >= 11 is 0. The van der Waals surface area contributed by atoms with Gasteiger partial charge in [-0.1, -0.05) is 30.3 Å². The van der Waals surface area contributed by atoms with Gasteiger partial charge in [0.1, 0.15) is 0 Å². The van der Waals surface area contributed by atoms with Gasteiger partial charge in [0.05, 0.1) is 0 Å². The molecule has 0 aromatic heterocycles. The van der Waals surface area contributed by atoms with Crippen LogP contribution in [0.3, 0.4) is 0 Å². The fourth-order valence-electron chi connectivity index (χ4n) is 7.28. The van der Waals surface area contributed by atoms with Crippen LogP contribution in [0.4, 0.5) is 0 Å². The molecular formula is C23H33ClN2O. The lowest BCUT2D eigenvalue weighted by atomic mass is 9.42. The second-order valence-corrected chi connectivity index (χ2v) is 9.97. The van der Waals surface area contributed by atoms with Crippen LogP contribution >= 0.6 is 12.4 Å². The zero-order valence-electron chi connectivity index (χ0n) is 16.5. The highest BCUT2D eigenvalue weighted by Crippen LogP contribution is 2.66. The number of hydrogen-bond acceptors (Lipinski definition) is 2. The smallest absolute Gasteiger partial charge is 0.223 e. The first-order valence-electron chi connectivity index (χ1n) is 10.6. The second-order valence-electron chi connectivity index (χ2n) is 9.97. The number of piperazine rings is 1. The van der Waals surface area contributed by atoms with Gasteiger partial charge in [0.25, 0.3) is 0 Å². The van der Waals surface area contributed by atoms with E-state index in [1.807, 2.05) is 0 Å². The molecule has 1 amide bonds. The number of hydrogen-bond donors (Lipinski definition) is 0. The summed E-state index contributed by atoms with van der Waals surface area (Å²) in [5.41, 5.74) is 2.18. The summed E-state index contributed by atoms with van der Waals surface area (Å²) in [6.07, 6.45) is 8.79. The van der Waals surface area contributed by atoms with Crippen LogP contribution in [0.2, 0.25) is 0 Å². The lowest BCUT2D eigenvalue weighted by molar-refractivity contribution is -0.142. The third kappa shape index (κ3) is 3.42. The molecule has 5 aliphatic rings. The zero-order valence-corrected chi connectivity index (χ0v) is 17.3. The van der Waals surface area contributed by atoms with Crippen molar-refractivity contribution in [2.24, 2.45) is 17.3 Å². The average molecular weight is 389 g/mol. The Kier molecular flexibility index (Phi) is 5.05. The molecule has 5 fully saturated rings. The van der Waals surface area contributed by atoms with E-state index in [0.29, 0.717) is 11.3 Å². The van der Waals surface area contributed by atoms with Gasteiger partial charge in [-0.2, -0.15) is 0 Å². The van der Waals surface area contributed by atoms with E-state index in [1.54, 1.807) is 5.56 Å². The van der Waals surface area contributed by atoms with E-state index in [2.05, 4.69) is 47.2 Å². The molecule has 6 rings (SSSR count). The van der Waals surface area contributed by atoms with E-state index in [-0.39, 0.29) is 17.8 Å². The molecule has 0 radical (unpaired) electrons. The number of rotatable bonds is 3. The van der Waals surface area contributed by atoms with Gasteiger partial charge in [0.2, 0.25) is 5.91 Å². The number of carbonyl (C=O) groups is 1. The van der Waals surface area contributed by atoms with Gasteiger partial charge in [-0.3, -0.25) is 4.79 Å². The van der Waals surface area contributed by atoms with Crippen LogP contribution in [0.15, 0.2) is 30.3 Å². The topological polar surface area (TPSA) is 23.6 Å². The highest BCUT2D eigenvalue weighted by Gasteiger charge is 2.58. The maximum Gasteiger partial charge on any atom is 0.223 e. The van der Waals surface area contributed by atoms with Crippen LogP contribution in [0.25, 0.3) is 0 Å². The third-order valence-electron chi connectivity index (χ3n) is 7.95. The van der Waals surface area contributed by atoms with Crippen LogP contribution in [0.1, 0.15) is 50.5 Å². The van der Waals surface area contributed by atoms with E-state index in [0.717, 1.165) is 44.4 Å². The maximum atomic E-state index is 13.1. The third-order valence-corrected chi connectivity index (χ3v) is 7.95. The molecule has 0 N–H and O–H groups in total. The SMILES string of the molecule is CN1CCN(C(=O)CC23CC4CC(C2)CC(c2ccccc2)(C4)C3)CC1.Cl. The molecule has 2 unspecified atom stereocenters. The standard InChI is InChI=1S/C23H32N2O.ClH/c1-24-7-9-25(10-8-24)21(26)16-22-12-18-11-19(13-22)15-23(14-18,17-22)20-5-3-2-4-6-20;/h2-6,18-19H,7-17H2,1H3;1H. The highest BCUT2D eigenvalue weighted by molar-refractivity contribution is 5.85. The van der Waals surface area contributed by atoms with Gasteiger partial charge in [-0.15, -0.1) is 12.4 Å².